The van der Waals surface area contributed by atoms with Crippen LogP contribution in [-0.4, -0.2) is 6.61 Å². The zero-order valence-corrected chi connectivity index (χ0v) is 12.2. The van der Waals surface area contributed by atoms with Crippen LogP contribution in [0.1, 0.15) is 29.5 Å². The molecule has 0 aliphatic heterocycles. The van der Waals surface area contributed by atoms with E-state index in [4.69, 9.17) is 11.2 Å². The predicted molar refractivity (Wildman–Crippen MR) is 83.9 cm³/mol. The molecule has 0 spiro atoms. The summed E-state index contributed by atoms with van der Waals surface area (Å²) in [7, 11) is 0. The topological polar surface area (TPSA) is 9.23 Å². The van der Waals surface area contributed by atoms with Crippen molar-refractivity contribution in [1.82, 2.24) is 0 Å². The molecule has 0 amide bonds. The number of hydrogen-bond acceptors (Lipinski definition) is 1. The highest BCUT2D eigenvalue weighted by molar-refractivity contribution is 5.36. The first-order chi connectivity index (χ1) is 10.2. The Morgan fingerprint density at radius 3 is 2.57 bits per heavy atom. The fourth-order valence-electron chi connectivity index (χ4n) is 2.18. The number of ether oxygens (including phenoxy) is 1. The van der Waals surface area contributed by atoms with Crippen molar-refractivity contribution in [1.29, 1.82) is 0 Å². The van der Waals surface area contributed by atoms with Crippen molar-refractivity contribution in [3.05, 3.63) is 65.0 Å². The van der Waals surface area contributed by atoms with Crippen LogP contribution in [0.15, 0.2) is 42.5 Å². The molecule has 0 aliphatic rings. The van der Waals surface area contributed by atoms with E-state index >= 15 is 0 Å². The van der Waals surface area contributed by atoms with Gasteiger partial charge in [-0.3, -0.25) is 0 Å². The van der Waals surface area contributed by atoms with Crippen LogP contribution in [0.3, 0.4) is 0 Å². The molecular weight excluding hydrogens is 263 g/mol. The van der Waals surface area contributed by atoms with Gasteiger partial charge in [0, 0.05) is 5.56 Å². The Balaban J connectivity index is 1.72. The van der Waals surface area contributed by atoms with E-state index in [1.165, 1.54) is 6.07 Å². The van der Waals surface area contributed by atoms with Crippen LogP contribution in [0.4, 0.5) is 4.39 Å². The van der Waals surface area contributed by atoms with Crippen molar-refractivity contribution < 1.29 is 9.13 Å². The van der Waals surface area contributed by atoms with Gasteiger partial charge in [-0.2, -0.15) is 0 Å². The summed E-state index contributed by atoms with van der Waals surface area (Å²) < 4.78 is 19.1. The van der Waals surface area contributed by atoms with Gasteiger partial charge in [0.15, 0.2) is 0 Å². The summed E-state index contributed by atoms with van der Waals surface area (Å²) in [6, 6.07) is 12.7. The van der Waals surface area contributed by atoms with Crippen LogP contribution < -0.4 is 4.74 Å². The lowest BCUT2D eigenvalue weighted by atomic mass is 10.0. The van der Waals surface area contributed by atoms with E-state index in [2.05, 4.69) is 5.92 Å². The number of benzene rings is 2. The fourth-order valence-corrected chi connectivity index (χ4v) is 2.18. The molecule has 0 saturated heterocycles. The highest BCUT2D eigenvalue weighted by Gasteiger charge is 2.03. The first kappa shape index (κ1) is 15.1. The average molecular weight is 282 g/mol. The highest BCUT2D eigenvalue weighted by atomic mass is 19.1. The second-order valence-corrected chi connectivity index (χ2v) is 5.00. The van der Waals surface area contributed by atoms with Crippen LogP contribution in [0, 0.1) is 25.1 Å². The van der Waals surface area contributed by atoms with Gasteiger partial charge in [0.1, 0.15) is 11.6 Å². The minimum atomic E-state index is -0.127. The van der Waals surface area contributed by atoms with Gasteiger partial charge >= 0.3 is 0 Å². The zero-order chi connectivity index (χ0) is 15.1. The molecule has 0 radical (unpaired) electrons. The fraction of sp³-hybridized carbons (Fsp3) is 0.263. The van der Waals surface area contributed by atoms with E-state index < -0.39 is 0 Å². The van der Waals surface area contributed by atoms with Crippen LogP contribution in [0.5, 0.6) is 5.75 Å². The maximum absolute atomic E-state index is 13.4. The number of hydrogen-bond donors (Lipinski definition) is 0. The quantitative estimate of drug-likeness (QED) is 0.559. The molecule has 1 nitrogen and oxygen atoms in total. The number of aryl methyl sites for hydroxylation is 1. The van der Waals surface area contributed by atoms with E-state index in [-0.39, 0.29) is 5.82 Å². The van der Waals surface area contributed by atoms with Crippen molar-refractivity contribution in [2.24, 2.45) is 0 Å². The van der Waals surface area contributed by atoms with Gasteiger partial charge in [0.2, 0.25) is 0 Å². The second-order valence-electron chi connectivity index (χ2n) is 5.00. The Bertz CT molecular complexity index is 623. The second kappa shape index (κ2) is 7.50. The van der Waals surface area contributed by atoms with Crippen LogP contribution >= 0.6 is 0 Å². The highest BCUT2D eigenvalue weighted by Crippen LogP contribution is 2.15. The number of rotatable bonds is 6. The smallest absolute Gasteiger partial charge is 0.126 e. The van der Waals surface area contributed by atoms with Crippen molar-refractivity contribution in [2.75, 3.05) is 6.61 Å². The average Bonchev–Trinajstić information content (AvgIpc) is 2.51. The van der Waals surface area contributed by atoms with Crippen molar-refractivity contribution in [2.45, 2.75) is 26.2 Å². The van der Waals surface area contributed by atoms with Crippen LogP contribution in [0.25, 0.3) is 0 Å². The normalized spacial score (nSPS) is 10.1. The summed E-state index contributed by atoms with van der Waals surface area (Å²) >= 11 is 0. The van der Waals surface area contributed by atoms with Crippen molar-refractivity contribution in [3.8, 4) is 18.1 Å². The molecule has 2 rings (SSSR count). The van der Waals surface area contributed by atoms with Crippen molar-refractivity contribution >= 4 is 0 Å². The number of terminal acetylenes is 1. The third kappa shape index (κ3) is 4.36. The van der Waals surface area contributed by atoms with Crippen LogP contribution in [0.2, 0.25) is 0 Å². The summed E-state index contributed by atoms with van der Waals surface area (Å²) in [5.41, 5.74) is 2.68. The van der Waals surface area contributed by atoms with Gasteiger partial charge < -0.3 is 4.74 Å². The standard InChI is InChI=1S/C19H19FO/c1-3-16-10-12-18(13-11-16)21-14-5-4-7-17-8-6-9-19(20)15(17)2/h1,6,8-13H,4-5,7,14H2,2H3. The third-order valence-corrected chi connectivity index (χ3v) is 3.51. The lowest BCUT2D eigenvalue weighted by Crippen LogP contribution is -1.99. The molecule has 0 saturated carbocycles. The van der Waals surface area contributed by atoms with E-state index in [1.54, 1.807) is 6.07 Å². The molecule has 21 heavy (non-hydrogen) atoms. The summed E-state index contributed by atoms with van der Waals surface area (Å²) in [6.07, 6.45) is 8.09. The molecule has 2 aromatic rings. The Kier molecular flexibility index (Phi) is 5.40. The maximum atomic E-state index is 13.4. The lowest BCUT2D eigenvalue weighted by molar-refractivity contribution is 0.307. The molecule has 0 atom stereocenters. The molecule has 2 heteroatoms. The molecule has 0 aliphatic carbocycles. The van der Waals surface area contributed by atoms with Crippen LogP contribution in [-0.2, 0) is 6.42 Å². The van der Waals surface area contributed by atoms with Gasteiger partial charge in [-0.1, -0.05) is 18.1 Å². The van der Waals surface area contributed by atoms with Gasteiger partial charge in [0.25, 0.3) is 0 Å². The number of unbranched alkanes of at least 4 members (excludes halogenated alkanes) is 1. The van der Waals surface area contributed by atoms with E-state index in [1.807, 2.05) is 37.3 Å². The van der Waals surface area contributed by atoms with E-state index in [0.29, 0.717) is 6.61 Å². The number of halogens is 1. The Morgan fingerprint density at radius 1 is 1.10 bits per heavy atom. The lowest BCUT2D eigenvalue weighted by Gasteiger charge is -2.08. The third-order valence-electron chi connectivity index (χ3n) is 3.51. The maximum Gasteiger partial charge on any atom is 0.126 e. The molecular formula is C19H19FO. The monoisotopic (exact) mass is 282 g/mol. The van der Waals surface area contributed by atoms with E-state index in [9.17, 15) is 4.39 Å². The summed E-state index contributed by atoms with van der Waals surface area (Å²) in [6.45, 7) is 2.48. The Hall–Kier alpha value is -2.27. The molecule has 0 N–H and O–H groups in total. The van der Waals surface area contributed by atoms with E-state index in [0.717, 1.165) is 41.7 Å². The summed E-state index contributed by atoms with van der Waals surface area (Å²) in [5, 5.41) is 0. The summed E-state index contributed by atoms with van der Waals surface area (Å²) in [5.74, 6) is 3.27. The van der Waals surface area contributed by atoms with Gasteiger partial charge in [-0.05, 0) is 67.6 Å². The Labute approximate surface area is 125 Å². The largest absolute Gasteiger partial charge is 0.494 e. The predicted octanol–water partition coefficient (Wildman–Crippen LogP) is 4.52. The van der Waals surface area contributed by atoms with Gasteiger partial charge in [-0.15, -0.1) is 6.42 Å². The molecule has 2 aromatic carbocycles. The minimum Gasteiger partial charge on any atom is -0.494 e. The molecule has 108 valence electrons. The Morgan fingerprint density at radius 2 is 1.86 bits per heavy atom. The van der Waals surface area contributed by atoms with Gasteiger partial charge in [0.05, 0.1) is 6.61 Å². The summed E-state index contributed by atoms with van der Waals surface area (Å²) in [4.78, 5) is 0. The molecule has 0 bridgehead atoms. The molecule has 0 aromatic heterocycles. The molecule has 0 heterocycles. The molecule has 0 unspecified atom stereocenters. The molecule has 0 fully saturated rings. The van der Waals surface area contributed by atoms with Gasteiger partial charge in [-0.25, -0.2) is 4.39 Å². The first-order valence-corrected chi connectivity index (χ1v) is 7.14. The van der Waals surface area contributed by atoms with Crippen molar-refractivity contribution in [3.63, 3.8) is 0 Å². The SMILES string of the molecule is C#Cc1ccc(OCCCCc2cccc(F)c2C)cc1. The first-order valence-electron chi connectivity index (χ1n) is 7.14. The zero-order valence-electron chi connectivity index (χ0n) is 12.2. The minimum absolute atomic E-state index is 0.127.